The van der Waals surface area contributed by atoms with Crippen LogP contribution in [-0.4, -0.2) is 20.1 Å². The fourth-order valence-corrected chi connectivity index (χ4v) is 0.907. The molecule has 1 aromatic carbocycles. The lowest BCUT2D eigenvalue weighted by Gasteiger charge is -2.05. The summed E-state index contributed by atoms with van der Waals surface area (Å²) in [7, 11) is 0. The van der Waals surface area contributed by atoms with E-state index in [1.54, 1.807) is 0 Å². The highest BCUT2D eigenvalue weighted by Gasteiger charge is 1.92. The number of alkyl halides is 1. The Bertz CT molecular complexity index is 233. The molecule has 13 heavy (non-hydrogen) atoms. The number of halogens is 1. The summed E-state index contributed by atoms with van der Waals surface area (Å²) in [5.74, 6) is 0.785. The predicted octanol–water partition coefficient (Wildman–Crippen LogP) is 2.32. The fourth-order valence-electron chi connectivity index (χ4n) is 0.907. The van der Waals surface area contributed by atoms with Gasteiger partial charge in [-0.2, -0.15) is 0 Å². The minimum Gasteiger partial charge on any atom is -0.491 e. The zero-order chi connectivity index (χ0) is 9.52. The Morgan fingerprint density at radius 3 is 2.46 bits per heavy atom. The van der Waals surface area contributed by atoms with Gasteiger partial charge >= 0.3 is 0 Å². The van der Waals surface area contributed by atoms with Crippen LogP contribution in [0.25, 0.3) is 0 Å². The molecule has 0 heterocycles. The molecule has 2 nitrogen and oxygen atoms in total. The van der Waals surface area contributed by atoms with Gasteiger partial charge in [0.1, 0.15) is 12.4 Å². The maximum Gasteiger partial charge on any atom is 0.188 e. The Morgan fingerprint density at radius 2 is 1.85 bits per heavy atom. The molecule has 0 radical (unpaired) electrons. The number of aryl methyl sites for hydroxylation is 1. The molecule has 0 N–H and O–H groups in total. The van der Waals surface area contributed by atoms with E-state index in [0.29, 0.717) is 6.61 Å². The molecule has 0 aliphatic rings. The highest BCUT2D eigenvalue weighted by atomic mass is 19.1. The Hall–Kier alpha value is -1.09. The fraction of sp³-hybridized carbons (Fsp3) is 0.400. The van der Waals surface area contributed by atoms with Gasteiger partial charge in [-0.25, -0.2) is 4.39 Å². The molecule has 0 aliphatic heterocycles. The monoisotopic (exact) mass is 184 g/mol. The molecule has 0 saturated heterocycles. The quantitative estimate of drug-likeness (QED) is 0.654. The van der Waals surface area contributed by atoms with E-state index >= 15 is 0 Å². The van der Waals surface area contributed by atoms with Gasteiger partial charge in [-0.05, 0) is 19.1 Å². The van der Waals surface area contributed by atoms with Crippen molar-refractivity contribution in [1.82, 2.24) is 0 Å². The molecule has 3 heteroatoms. The Balaban J connectivity index is 2.25. The van der Waals surface area contributed by atoms with Crippen molar-refractivity contribution in [3.63, 3.8) is 0 Å². The average Bonchev–Trinajstić information content (AvgIpc) is 2.15. The lowest BCUT2D eigenvalue weighted by molar-refractivity contribution is 0.0391. The maximum atomic E-state index is 11.5. The predicted molar refractivity (Wildman–Crippen MR) is 48.6 cm³/mol. The van der Waals surface area contributed by atoms with E-state index in [-0.39, 0.29) is 6.61 Å². The van der Waals surface area contributed by atoms with Gasteiger partial charge in [0, 0.05) is 0 Å². The third kappa shape index (κ3) is 3.90. The van der Waals surface area contributed by atoms with Crippen LogP contribution in [0.4, 0.5) is 4.39 Å². The van der Waals surface area contributed by atoms with Gasteiger partial charge in [0.2, 0.25) is 0 Å². The molecule has 0 spiro atoms. The maximum absolute atomic E-state index is 11.5. The van der Waals surface area contributed by atoms with Gasteiger partial charge in [0.25, 0.3) is 0 Å². The number of benzene rings is 1. The van der Waals surface area contributed by atoms with Gasteiger partial charge in [0.15, 0.2) is 6.86 Å². The summed E-state index contributed by atoms with van der Waals surface area (Å²) in [6.07, 6.45) is 0. The van der Waals surface area contributed by atoms with Crippen LogP contribution in [0.5, 0.6) is 5.75 Å². The van der Waals surface area contributed by atoms with Gasteiger partial charge in [-0.15, -0.1) is 0 Å². The smallest absolute Gasteiger partial charge is 0.188 e. The first-order valence-electron chi connectivity index (χ1n) is 4.16. The van der Waals surface area contributed by atoms with Crippen LogP contribution < -0.4 is 4.74 Å². The SMILES string of the molecule is Cc1ccc(OCCOCF)cc1. The topological polar surface area (TPSA) is 18.5 Å². The lowest BCUT2D eigenvalue weighted by atomic mass is 10.2. The molecule has 1 aromatic rings. The summed E-state index contributed by atoms with van der Waals surface area (Å²) in [5, 5.41) is 0. The van der Waals surface area contributed by atoms with Crippen LogP contribution in [0.2, 0.25) is 0 Å². The third-order valence-electron chi connectivity index (χ3n) is 1.59. The van der Waals surface area contributed by atoms with Gasteiger partial charge in [-0.1, -0.05) is 17.7 Å². The van der Waals surface area contributed by atoms with Crippen LogP contribution >= 0.6 is 0 Å². The van der Waals surface area contributed by atoms with Crippen molar-refractivity contribution in [2.45, 2.75) is 6.92 Å². The number of rotatable bonds is 5. The Kier molecular flexibility index (Phi) is 4.26. The van der Waals surface area contributed by atoms with Crippen LogP contribution in [0.3, 0.4) is 0 Å². The molecular formula is C10H13FO2. The van der Waals surface area contributed by atoms with Gasteiger partial charge in [-0.3, -0.25) is 0 Å². The Labute approximate surface area is 77.3 Å². The molecule has 0 unspecified atom stereocenters. The van der Waals surface area contributed by atoms with Crippen LogP contribution in [0, 0.1) is 6.92 Å². The summed E-state index contributed by atoms with van der Waals surface area (Å²) in [6.45, 7) is 1.92. The highest BCUT2D eigenvalue weighted by Crippen LogP contribution is 2.10. The van der Waals surface area contributed by atoms with Crippen molar-refractivity contribution in [3.8, 4) is 5.75 Å². The summed E-state index contributed by atoms with van der Waals surface area (Å²) < 4.78 is 21.3. The zero-order valence-electron chi connectivity index (χ0n) is 7.63. The molecule has 0 saturated carbocycles. The summed E-state index contributed by atoms with van der Waals surface area (Å²) in [4.78, 5) is 0. The molecule has 0 bridgehead atoms. The first-order chi connectivity index (χ1) is 6.33. The number of hydrogen-bond donors (Lipinski definition) is 0. The van der Waals surface area contributed by atoms with Crippen LogP contribution in [0.15, 0.2) is 24.3 Å². The highest BCUT2D eigenvalue weighted by molar-refractivity contribution is 5.26. The molecule has 1 rings (SSSR count). The zero-order valence-corrected chi connectivity index (χ0v) is 7.63. The lowest BCUT2D eigenvalue weighted by Crippen LogP contribution is -2.05. The van der Waals surface area contributed by atoms with Crippen LogP contribution in [-0.2, 0) is 4.74 Å². The third-order valence-corrected chi connectivity index (χ3v) is 1.59. The van der Waals surface area contributed by atoms with E-state index in [4.69, 9.17) is 4.74 Å². The van der Waals surface area contributed by atoms with Gasteiger partial charge in [0.05, 0.1) is 6.61 Å². The van der Waals surface area contributed by atoms with E-state index in [2.05, 4.69) is 4.74 Å². The molecule has 0 aromatic heterocycles. The van der Waals surface area contributed by atoms with Crippen molar-refractivity contribution in [1.29, 1.82) is 0 Å². The largest absolute Gasteiger partial charge is 0.491 e. The minimum atomic E-state index is -0.753. The Morgan fingerprint density at radius 1 is 1.15 bits per heavy atom. The van der Waals surface area contributed by atoms with Crippen molar-refractivity contribution < 1.29 is 13.9 Å². The first-order valence-corrected chi connectivity index (χ1v) is 4.16. The molecule has 0 amide bonds. The van der Waals surface area contributed by atoms with E-state index in [9.17, 15) is 4.39 Å². The molecule has 0 atom stereocenters. The van der Waals surface area contributed by atoms with E-state index in [1.165, 1.54) is 5.56 Å². The molecular weight excluding hydrogens is 171 g/mol. The van der Waals surface area contributed by atoms with Gasteiger partial charge < -0.3 is 9.47 Å². The number of hydrogen-bond acceptors (Lipinski definition) is 2. The molecule has 72 valence electrons. The van der Waals surface area contributed by atoms with E-state index in [1.807, 2.05) is 31.2 Å². The minimum absolute atomic E-state index is 0.282. The summed E-state index contributed by atoms with van der Waals surface area (Å²) in [6, 6.07) is 7.69. The van der Waals surface area contributed by atoms with Crippen molar-refractivity contribution in [2.75, 3.05) is 20.1 Å². The summed E-state index contributed by atoms with van der Waals surface area (Å²) in [5.41, 5.74) is 1.19. The average molecular weight is 184 g/mol. The summed E-state index contributed by atoms with van der Waals surface area (Å²) >= 11 is 0. The van der Waals surface area contributed by atoms with Crippen molar-refractivity contribution >= 4 is 0 Å². The van der Waals surface area contributed by atoms with Crippen molar-refractivity contribution in [3.05, 3.63) is 29.8 Å². The second-order valence-corrected chi connectivity index (χ2v) is 2.68. The standard InChI is InChI=1S/C10H13FO2/c1-9-2-4-10(5-3-9)13-7-6-12-8-11/h2-5H,6-8H2,1H3. The first kappa shape index (κ1) is 9.99. The second kappa shape index (κ2) is 5.54. The molecule has 0 fully saturated rings. The van der Waals surface area contributed by atoms with Crippen molar-refractivity contribution in [2.24, 2.45) is 0 Å². The van der Waals surface area contributed by atoms with E-state index < -0.39 is 6.86 Å². The normalized spacial score (nSPS) is 10.0. The molecule has 0 aliphatic carbocycles. The second-order valence-electron chi connectivity index (χ2n) is 2.68. The number of ether oxygens (including phenoxy) is 2. The van der Waals surface area contributed by atoms with Crippen LogP contribution in [0.1, 0.15) is 5.56 Å². The van der Waals surface area contributed by atoms with E-state index in [0.717, 1.165) is 5.75 Å².